The summed E-state index contributed by atoms with van der Waals surface area (Å²) in [6, 6.07) is 4.65. The molecule has 0 aliphatic carbocycles. The molecule has 0 fully saturated rings. The van der Waals surface area contributed by atoms with Crippen LogP contribution in [0, 0.1) is 10.1 Å². The fraction of sp³-hybridized carbons (Fsp3) is 0.333. The Kier molecular flexibility index (Phi) is 4.66. The van der Waals surface area contributed by atoms with E-state index in [1.165, 1.54) is 6.07 Å². The van der Waals surface area contributed by atoms with Crippen molar-refractivity contribution in [3.8, 4) is 5.75 Å². The van der Waals surface area contributed by atoms with Crippen molar-refractivity contribution in [2.75, 3.05) is 6.61 Å². The van der Waals surface area contributed by atoms with E-state index >= 15 is 0 Å². The molecule has 0 aliphatic heterocycles. The Labute approximate surface area is 100 Å². The van der Waals surface area contributed by atoms with Gasteiger partial charge in [0.25, 0.3) is 0 Å². The van der Waals surface area contributed by atoms with Crippen LogP contribution in [0.25, 0.3) is 0 Å². The van der Waals surface area contributed by atoms with Crippen molar-refractivity contribution in [2.24, 2.45) is 5.73 Å². The predicted octanol–water partition coefficient (Wildman–Crippen LogP) is 2.40. The molecule has 0 aliphatic rings. The number of nitro groups is 1. The van der Waals surface area contributed by atoms with Crippen LogP contribution in [0.2, 0.25) is 0 Å². The summed E-state index contributed by atoms with van der Waals surface area (Å²) < 4.78 is 5.39. The van der Waals surface area contributed by atoms with Crippen molar-refractivity contribution in [1.82, 2.24) is 0 Å². The first-order chi connectivity index (χ1) is 8.04. The van der Waals surface area contributed by atoms with Crippen LogP contribution >= 0.6 is 0 Å². The van der Waals surface area contributed by atoms with Gasteiger partial charge >= 0.3 is 5.69 Å². The summed E-state index contributed by atoms with van der Waals surface area (Å²) in [7, 11) is 0. The molecule has 5 heteroatoms. The number of nitrogens with two attached hydrogens (primary N) is 1. The molecule has 0 bridgehead atoms. The molecule has 0 radical (unpaired) electrons. The van der Waals surface area contributed by atoms with Crippen LogP contribution in [-0.2, 0) is 6.54 Å². The summed E-state index contributed by atoms with van der Waals surface area (Å²) >= 11 is 0. The van der Waals surface area contributed by atoms with E-state index in [-0.39, 0.29) is 11.4 Å². The maximum atomic E-state index is 10.8. The lowest BCUT2D eigenvalue weighted by Crippen LogP contribution is -2.03. The number of nitrogens with zero attached hydrogens (tertiary/aromatic N) is 1. The Morgan fingerprint density at radius 3 is 2.82 bits per heavy atom. The number of rotatable bonds is 6. The molecule has 0 amide bonds. The molecule has 17 heavy (non-hydrogen) atoms. The SMILES string of the molecule is C=C(C)CCOc1cc(CN)ccc1[N+](=O)[O-]. The topological polar surface area (TPSA) is 78.4 Å². The Hall–Kier alpha value is -1.88. The third kappa shape index (κ3) is 3.88. The molecule has 0 atom stereocenters. The minimum absolute atomic E-state index is 0.0380. The quantitative estimate of drug-likeness (QED) is 0.467. The molecule has 5 nitrogen and oxygen atoms in total. The first-order valence-corrected chi connectivity index (χ1v) is 5.29. The zero-order chi connectivity index (χ0) is 12.8. The van der Waals surface area contributed by atoms with Gasteiger partial charge in [0.15, 0.2) is 5.75 Å². The van der Waals surface area contributed by atoms with E-state index in [4.69, 9.17) is 10.5 Å². The molecule has 0 aromatic heterocycles. The summed E-state index contributed by atoms with van der Waals surface area (Å²) in [6.07, 6.45) is 0.671. The predicted molar refractivity (Wildman–Crippen MR) is 65.9 cm³/mol. The third-order valence-corrected chi connectivity index (χ3v) is 2.24. The van der Waals surface area contributed by atoms with Gasteiger partial charge in [-0.25, -0.2) is 0 Å². The van der Waals surface area contributed by atoms with Gasteiger partial charge < -0.3 is 10.5 Å². The average molecular weight is 236 g/mol. The highest BCUT2D eigenvalue weighted by Gasteiger charge is 2.15. The molecule has 92 valence electrons. The highest BCUT2D eigenvalue weighted by molar-refractivity contribution is 5.48. The van der Waals surface area contributed by atoms with Crippen molar-refractivity contribution in [3.63, 3.8) is 0 Å². The fourth-order valence-electron chi connectivity index (χ4n) is 1.29. The molecule has 0 saturated carbocycles. The van der Waals surface area contributed by atoms with Gasteiger partial charge in [0, 0.05) is 19.0 Å². The van der Waals surface area contributed by atoms with Gasteiger partial charge in [-0.3, -0.25) is 10.1 Å². The van der Waals surface area contributed by atoms with Gasteiger partial charge in [0.05, 0.1) is 11.5 Å². The molecule has 0 heterocycles. The van der Waals surface area contributed by atoms with Gasteiger partial charge in [-0.1, -0.05) is 11.6 Å². The first-order valence-electron chi connectivity index (χ1n) is 5.29. The zero-order valence-electron chi connectivity index (χ0n) is 9.81. The molecular weight excluding hydrogens is 220 g/mol. The van der Waals surface area contributed by atoms with E-state index in [1.54, 1.807) is 12.1 Å². The molecular formula is C12H16N2O3. The summed E-state index contributed by atoms with van der Waals surface area (Å²) in [5, 5.41) is 10.8. The van der Waals surface area contributed by atoms with Crippen molar-refractivity contribution in [2.45, 2.75) is 19.9 Å². The van der Waals surface area contributed by atoms with Crippen LogP contribution in [-0.4, -0.2) is 11.5 Å². The van der Waals surface area contributed by atoms with Crippen LogP contribution in [0.15, 0.2) is 30.4 Å². The lowest BCUT2D eigenvalue weighted by molar-refractivity contribution is -0.385. The smallest absolute Gasteiger partial charge is 0.310 e. The monoisotopic (exact) mass is 236 g/mol. The third-order valence-electron chi connectivity index (χ3n) is 2.24. The van der Waals surface area contributed by atoms with Crippen molar-refractivity contribution >= 4 is 5.69 Å². The highest BCUT2D eigenvalue weighted by atomic mass is 16.6. The maximum Gasteiger partial charge on any atom is 0.310 e. The number of benzene rings is 1. The van der Waals surface area contributed by atoms with E-state index in [0.29, 0.717) is 19.6 Å². The minimum Gasteiger partial charge on any atom is -0.486 e. The van der Waals surface area contributed by atoms with Crippen LogP contribution < -0.4 is 10.5 Å². The lowest BCUT2D eigenvalue weighted by atomic mass is 10.2. The summed E-state index contributed by atoms with van der Waals surface area (Å²) in [6.45, 7) is 6.33. The van der Waals surface area contributed by atoms with Crippen LogP contribution in [0.4, 0.5) is 5.69 Å². The zero-order valence-corrected chi connectivity index (χ0v) is 9.81. The Bertz CT molecular complexity index is 430. The van der Waals surface area contributed by atoms with Gasteiger partial charge in [-0.05, 0) is 18.6 Å². The van der Waals surface area contributed by atoms with Crippen LogP contribution in [0.3, 0.4) is 0 Å². The molecule has 0 unspecified atom stereocenters. The largest absolute Gasteiger partial charge is 0.486 e. The van der Waals surface area contributed by atoms with E-state index in [1.807, 2.05) is 6.92 Å². The van der Waals surface area contributed by atoms with Gasteiger partial charge in [-0.2, -0.15) is 0 Å². The Morgan fingerprint density at radius 1 is 1.59 bits per heavy atom. The van der Waals surface area contributed by atoms with Crippen LogP contribution in [0.1, 0.15) is 18.9 Å². The second-order valence-electron chi connectivity index (χ2n) is 3.82. The molecule has 1 aromatic rings. The van der Waals surface area contributed by atoms with E-state index in [2.05, 4.69) is 6.58 Å². The second-order valence-corrected chi connectivity index (χ2v) is 3.82. The molecule has 2 N–H and O–H groups in total. The maximum absolute atomic E-state index is 10.8. The molecule has 1 rings (SSSR count). The number of hydrogen-bond acceptors (Lipinski definition) is 4. The molecule has 0 saturated heterocycles. The highest BCUT2D eigenvalue weighted by Crippen LogP contribution is 2.28. The minimum atomic E-state index is -0.462. The van der Waals surface area contributed by atoms with Crippen molar-refractivity contribution in [1.29, 1.82) is 0 Å². The standard InChI is InChI=1S/C12H16N2O3/c1-9(2)5-6-17-12-7-10(8-13)3-4-11(12)14(15)16/h3-4,7H,1,5-6,8,13H2,2H3. The second kappa shape index (κ2) is 6.00. The van der Waals surface area contributed by atoms with Crippen molar-refractivity contribution in [3.05, 3.63) is 46.0 Å². The first kappa shape index (κ1) is 13.2. The average Bonchev–Trinajstić information content (AvgIpc) is 2.28. The van der Waals surface area contributed by atoms with Crippen LogP contribution in [0.5, 0.6) is 5.75 Å². The molecule has 0 spiro atoms. The van der Waals surface area contributed by atoms with Gasteiger partial charge in [-0.15, -0.1) is 6.58 Å². The molecule has 1 aromatic carbocycles. The van der Waals surface area contributed by atoms with E-state index in [0.717, 1.165) is 11.1 Å². The Morgan fingerprint density at radius 2 is 2.29 bits per heavy atom. The van der Waals surface area contributed by atoms with Crippen molar-refractivity contribution < 1.29 is 9.66 Å². The van der Waals surface area contributed by atoms with Gasteiger partial charge in [0.1, 0.15) is 0 Å². The number of ether oxygens (including phenoxy) is 1. The van der Waals surface area contributed by atoms with Gasteiger partial charge in [0.2, 0.25) is 0 Å². The summed E-state index contributed by atoms with van der Waals surface area (Å²) in [5.41, 5.74) is 7.23. The summed E-state index contributed by atoms with van der Waals surface area (Å²) in [4.78, 5) is 10.3. The van der Waals surface area contributed by atoms with E-state index < -0.39 is 4.92 Å². The summed E-state index contributed by atoms with van der Waals surface area (Å²) in [5.74, 6) is 0.263. The fourth-order valence-corrected chi connectivity index (χ4v) is 1.29. The number of nitro benzene ring substituents is 1. The Balaban J connectivity index is 2.85. The number of hydrogen-bond donors (Lipinski definition) is 1. The lowest BCUT2D eigenvalue weighted by Gasteiger charge is -2.08. The normalized spacial score (nSPS) is 10.0. The van der Waals surface area contributed by atoms with E-state index in [9.17, 15) is 10.1 Å².